The Kier molecular flexibility index (Phi) is 4.49. The largest absolute Gasteiger partial charge is 0.481 e. The minimum atomic E-state index is -0.896. The van der Waals surface area contributed by atoms with Gasteiger partial charge in [-0.2, -0.15) is 0 Å². The first-order valence-electron chi connectivity index (χ1n) is 6.60. The molecule has 0 radical (unpaired) electrons. The molecule has 1 aromatic heterocycles. The van der Waals surface area contributed by atoms with Gasteiger partial charge in [-0.1, -0.05) is 0 Å². The molecule has 1 aliphatic carbocycles. The predicted molar refractivity (Wildman–Crippen MR) is 71.0 cm³/mol. The highest BCUT2D eigenvalue weighted by atomic mass is 16.4. The van der Waals surface area contributed by atoms with Crippen LogP contribution in [-0.2, 0) is 11.3 Å². The summed E-state index contributed by atoms with van der Waals surface area (Å²) in [4.78, 5) is 32.5. The van der Waals surface area contributed by atoms with Crippen molar-refractivity contribution in [2.45, 2.75) is 38.8 Å². The highest BCUT2D eigenvalue weighted by Gasteiger charge is 2.32. The number of aromatic nitrogens is 2. The molecule has 2 N–H and O–H groups in total. The van der Waals surface area contributed by atoms with E-state index in [1.54, 1.807) is 17.3 Å². The number of rotatable bonds is 6. The van der Waals surface area contributed by atoms with E-state index in [-0.39, 0.29) is 25.0 Å². The maximum atomic E-state index is 12.1. The number of urea groups is 1. The molecule has 7 nitrogen and oxygen atoms in total. The van der Waals surface area contributed by atoms with Crippen LogP contribution < -0.4 is 5.32 Å². The Morgan fingerprint density at radius 1 is 1.40 bits per heavy atom. The number of hydrogen-bond acceptors (Lipinski definition) is 4. The van der Waals surface area contributed by atoms with Gasteiger partial charge in [-0.25, -0.2) is 4.79 Å². The van der Waals surface area contributed by atoms with E-state index in [2.05, 4.69) is 15.3 Å². The number of carboxylic acids is 1. The Balaban J connectivity index is 1.85. The average molecular weight is 278 g/mol. The van der Waals surface area contributed by atoms with Crippen LogP contribution in [0.15, 0.2) is 12.4 Å². The molecule has 7 heteroatoms. The van der Waals surface area contributed by atoms with E-state index in [1.165, 1.54) is 0 Å². The van der Waals surface area contributed by atoms with E-state index in [9.17, 15) is 9.59 Å². The second-order valence-corrected chi connectivity index (χ2v) is 4.88. The highest BCUT2D eigenvalue weighted by molar-refractivity contribution is 5.76. The normalized spacial score (nSPS) is 13.8. The molecule has 1 aliphatic rings. The van der Waals surface area contributed by atoms with Crippen molar-refractivity contribution in [3.05, 3.63) is 23.8 Å². The van der Waals surface area contributed by atoms with Gasteiger partial charge < -0.3 is 15.3 Å². The van der Waals surface area contributed by atoms with E-state index >= 15 is 0 Å². The fraction of sp³-hybridized carbons (Fsp3) is 0.538. The fourth-order valence-corrected chi connectivity index (χ4v) is 1.83. The standard InChI is InChI=1S/C13H18N4O3/c1-9-6-15-10(7-14-9)8-16-13(20)17(11-2-3-11)5-4-12(18)19/h6-7,11H,2-5,8H2,1H3,(H,16,20)(H,18,19). The molecule has 1 heterocycles. The lowest BCUT2D eigenvalue weighted by Crippen LogP contribution is -2.42. The van der Waals surface area contributed by atoms with Crippen molar-refractivity contribution in [2.75, 3.05) is 6.54 Å². The topological polar surface area (TPSA) is 95.4 Å². The van der Waals surface area contributed by atoms with Gasteiger partial charge in [0.2, 0.25) is 0 Å². The van der Waals surface area contributed by atoms with Gasteiger partial charge in [-0.15, -0.1) is 0 Å². The minimum Gasteiger partial charge on any atom is -0.481 e. The summed E-state index contributed by atoms with van der Waals surface area (Å²) in [6.07, 6.45) is 5.11. The number of aliphatic carboxylic acids is 1. The van der Waals surface area contributed by atoms with E-state index in [0.717, 1.165) is 18.5 Å². The van der Waals surface area contributed by atoms with Crippen molar-refractivity contribution >= 4 is 12.0 Å². The van der Waals surface area contributed by atoms with E-state index in [0.29, 0.717) is 12.2 Å². The molecule has 0 aliphatic heterocycles. The van der Waals surface area contributed by atoms with Crippen molar-refractivity contribution < 1.29 is 14.7 Å². The van der Waals surface area contributed by atoms with Gasteiger partial charge in [0.1, 0.15) is 0 Å². The Morgan fingerprint density at radius 2 is 2.15 bits per heavy atom. The maximum Gasteiger partial charge on any atom is 0.317 e. The number of aryl methyl sites for hydroxylation is 1. The Labute approximate surface area is 117 Å². The lowest BCUT2D eigenvalue weighted by atomic mass is 10.3. The summed E-state index contributed by atoms with van der Waals surface area (Å²) in [7, 11) is 0. The molecule has 0 aromatic carbocycles. The molecule has 1 saturated carbocycles. The molecule has 0 spiro atoms. The van der Waals surface area contributed by atoms with Gasteiger partial charge >= 0.3 is 12.0 Å². The van der Waals surface area contributed by atoms with E-state index < -0.39 is 5.97 Å². The van der Waals surface area contributed by atoms with Crippen LogP contribution in [0.5, 0.6) is 0 Å². The monoisotopic (exact) mass is 278 g/mol. The first-order valence-corrected chi connectivity index (χ1v) is 6.60. The molecule has 1 fully saturated rings. The van der Waals surface area contributed by atoms with Crippen LogP contribution in [0.4, 0.5) is 4.79 Å². The summed E-state index contributed by atoms with van der Waals surface area (Å²) in [5, 5.41) is 11.5. The van der Waals surface area contributed by atoms with Gasteiger partial charge in [0, 0.05) is 18.8 Å². The van der Waals surface area contributed by atoms with Crippen molar-refractivity contribution in [1.82, 2.24) is 20.2 Å². The summed E-state index contributed by atoms with van der Waals surface area (Å²) in [6.45, 7) is 2.38. The number of amides is 2. The lowest BCUT2D eigenvalue weighted by Gasteiger charge is -2.21. The smallest absolute Gasteiger partial charge is 0.317 e. The number of carboxylic acid groups (broad SMARTS) is 1. The van der Waals surface area contributed by atoms with Crippen LogP contribution in [0.2, 0.25) is 0 Å². The number of carbonyl (C=O) groups is 2. The molecule has 0 bridgehead atoms. The van der Waals surface area contributed by atoms with Crippen LogP contribution in [0.25, 0.3) is 0 Å². The number of hydrogen-bond donors (Lipinski definition) is 2. The van der Waals surface area contributed by atoms with E-state index in [1.807, 2.05) is 6.92 Å². The molecule has 108 valence electrons. The summed E-state index contributed by atoms with van der Waals surface area (Å²) in [5.41, 5.74) is 1.50. The van der Waals surface area contributed by atoms with Crippen LogP contribution in [0, 0.1) is 6.92 Å². The first-order chi connectivity index (χ1) is 9.56. The molecule has 1 aromatic rings. The minimum absolute atomic E-state index is 0.0335. The highest BCUT2D eigenvalue weighted by Crippen LogP contribution is 2.26. The van der Waals surface area contributed by atoms with Crippen molar-refractivity contribution in [1.29, 1.82) is 0 Å². The molecular weight excluding hydrogens is 260 g/mol. The molecule has 2 rings (SSSR count). The summed E-state index contributed by atoms with van der Waals surface area (Å²) >= 11 is 0. The van der Waals surface area contributed by atoms with Crippen molar-refractivity contribution in [3.8, 4) is 0 Å². The van der Waals surface area contributed by atoms with Crippen LogP contribution in [0.1, 0.15) is 30.7 Å². The molecular formula is C13H18N4O3. The zero-order chi connectivity index (χ0) is 14.5. The lowest BCUT2D eigenvalue weighted by molar-refractivity contribution is -0.137. The van der Waals surface area contributed by atoms with Gasteiger partial charge in [0.15, 0.2) is 0 Å². The van der Waals surface area contributed by atoms with Gasteiger partial charge in [0.25, 0.3) is 0 Å². The fourth-order valence-electron chi connectivity index (χ4n) is 1.83. The second kappa shape index (κ2) is 6.31. The van der Waals surface area contributed by atoms with Gasteiger partial charge in [-0.3, -0.25) is 14.8 Å². The molecule has 0 unspecified atom stereocenters. The third-order valence-electron chi connectivity index (χ3n) is 3.07. The summed E-state index contributed by atoms with van der Waals surface area (Å²) in [6, 6.07) is -0.0606. The maximum absolute atomic E-state index is 12.1. The number of nitrogens with zero attached hydrogens (tertiary/aromatic N) is 3. The van der Waals surface area contributed by atoms with Crippen molar-refractivity contribution in [3.63, 3.8) is 0 Å². The molecule has 2 amide bonds. The summed E-state index contributed by atoms with van der Waals surface area (Å²) in [5.74, 6) is -0.896. The Hall–Kier alpha value is -2.18. The van der Waals surface area contributed by atoms with Gasteiger partial charge in [0.05, 0.1) is 30.6 Å². The average Bonchev–Trinajstić information content (AvgIpc) is 3.22. The second-order valence-electron chi connectivity index (χ2n) is 4.88. The van der Waals surface area contributed by atoms with E-state index in [4.69, 9.17) is 5.11 Å². The zero-order valence-electron chi connectivity index (χ0n) is 11.4. The van der Waals surface area contributed by atoms with Gasteiger partial charge in [-0.05, 0) is 19.8 Å². The number of nitrogens with one attached hydrogen (secondary N) is 1. The third-order valence-corrected chi connectivity index (χ3v) is 3.07. The van der Waals surface area contributed by atoms with Crippen LogP contribution >= 0.6 is 0 Å². The Morgan fingerprint density at radius 3 is 2.70 bits per heavy atom. The summed E-state index contributed by atoms with van der Waals surface area (Å²) < 4.78 is 0. The van der Waals surface area contributed by atoms with Crippen LogP contribution in [0.3, 0.4) is 0 Å². The predicted octanol–water partition coefficient (Wildman–Crippen LogP) is 0.934. The van der Waals surface area contributed by atoms with Crippen molar-refractivity contribution in [2.24, 2.45) is 0 Å². The zero-order valence-corrected chi connectivity index (χ0v) is 11.4. The molecule has 20 heavy (non-hydrogen) atoms. The van der Waals surface area contributed by atoms with Crippen LogP contribution in [-0.4, -0.2) is 44.6 Å². The SMILES string of the molecule is Cc1cnc(CNC(=O)N(CCC(=O)O)C2CC2)cn1. The number of carbonyl (C=O) groups excluding carboxylic acids is 1. The molecule has 0 saturated heterocycles. The molecule has 0 atom stereocenters. The Bertz CT molecular complexity index is 485. The quantitative estimate of drug-likeness (QED) is 0.807. The first kappa shape index (κ1) is 14.2. The third kappa shape index (κ3) is 4.18.